The molecule has 0 radical (unpaired) electrons. The zero-order valence-electron chi connectivity index (χ0n) is 14.5. The van der Waals surface area contributed by atoms with Crippen LogP contribution in [0.2, 0.25) is 0 Å². The Bertz CT molecular complexity index is 1060. The molecule has 0 fully saturated rings. The number of para-hydroxylation sites is 1. The summed E-state index contributed by atoms with van der Waals surface area (Å²) in [5, 5.41) is 10.9. The third-order valence-corrected chi connectivity index (χ3v) is 5.12. The molecule has 9 heteroatoms. The van der Waals surface area contributed by atoms with Gasteiger partial charge >= 0.3 is 0 Å². The number of anilines is 1. The molecular formula is C18H16N4O4S. The van der Waals surface area contributed by atoms with Crippen molar-refractivity contribution in [2.45, 2.75) is 18.1 Å². The number of carbonyl (C=O) groups excluding carboxylic acids is 1. The van der Waals surface area contributed by atoms with Gasteiger partial charge in [-0.2, -0.15) is 16.9 Å². The van der Waals surface area contributed by atoms with Crippen molar-refractivity contribution in [2.75, 3.05) is 12.4 Å². The Labute approximate surface area is 158 Å². The van der Waals surface area contributed by atoms with E-state index in [2.05, 4.69) is 15.6 Å². The summed E-state index contributed by atoms with van der Waals surface area (Å²) in [6, 6.07) is 10.3. The summed E-state index contributed by atoms with van der Waals surface area (Å²) in [5.74, 6) is 2.09. The Morgan fingerprint density at radius 3 is 3.00 bits per heavy atom. The number of hydrogen-bond donors (Lipinski definition) is 1. The van der Waals surface area contributed by atoms with Crippen LogP contribution in [0.4, 0.5) is 5.88 Å². The molecule has 0 atom stereocenters. The molecule has 0 saturated carbocycles. The molecule has 27 heavy (non-hydrogen) atoms. The van der Waals surface area contributed by atoms with Gasteiger partial charge in [0.2, 0.25) is 11.8 Å². The van der Waals surface area contributed by atoms with Crippen molar-refractivity contribution in [3.05, 3.63) is 58.0 Å². The van der Waals surface area contributed by atoms with Crippen LogP contribution in [0.15, 0.2) is 45.7 Å². The van der Waals surface area contributed by atoms with E-state index in [0.717, 1.165) is 33.0 Å². The third kappa shape index (κ3) is 3.45. The van der Waals surface area contributed by atoms with Gasteiger partial charge in [-0.15, -0.1) is 0 Å². The Morgan fingerprint density at radius 1 is 1.30 bits per heavy atom. The first kappa shape index (κ1) is 17.3. The zero-order chi connectivity index (χ0) is 18.8. The molecule has 0 bridgehead atoms. The Balaban J connectivity index is 1.56. The van der Waals surface area contributed by atoms with Gasteiger partial charge in [0, 0.05) is 23.1 Å². The van der Waals surface area contributed by atoms with E-state index in [4.69, 9.17) is 9.26 Å². The second kappa shape index (κ2) is 7.28. The lowest BCUT2D eigenvalue weighted by atomic mass is 10.1. The summed E-state index contributed by atoms with van der Waals surface area (Å²) in [4.78, 5) is 24.5. The van der Waals surface area contributed by atoms with Gasteiger partial charge in [-0.25, -0.2) is 4.68 Å². The minimum absolute atomic E-state index is 0.232. The average molecular weight is 384 g/mol. The molecule has 2 aromatic heterocycles. The number of fused-ring (bicyclic) bond motifs is 1. The van der Waals surface area contributed by atoms with Gasteiger partial charge in [0.05, 0.1) is 24.1 Å². The van der Waals surface area contributed by atoms with E-state index in [0.29, 0.717) is 17.3 Å². The molecule has 4 rings (SSSR count). The molecule has 0 unspecified atom stereocenters. The van der Waals surface area contributed by atoms with Crippen molar-refractivity contribution in [1.29, 1.82) is 0 Å². The maximum absolute atomic E-state index is 12.4. The van der Waals surface area contributed by atoms with Crippen LogP contribution >= 0.6 is 11.8 Å². The highest BCUT2D eigenvalue weighted by Crippen LogP contribution is 2.34. The highest BCUT2D eigenvalue weighted by atomic mass is 32.2. The number of methoxy groups -OCH3 is 1. The number of amides is 1. The Kier molecular flexibility index (Phi) is 4.68. The lowest BCUT2D eigenvalue weighted by molar-refractivity contribution is -0.117. The average Bonchev–Trinajstić information content (AvgIpc) is 3.29. The van der Waals surface area contributed by atoms with E-state index in [9.17, 15) is 9.59 Å². The van der Waals surface area contributed by atoms with Crippen molar-refractivity contribution >= 4 is 23.6 Å². The molecule has 3 aromatic rings. The number of hydrogen-bond acceptors (Lipinski definition) is 7. The molecule has 0 aliphatic carbocycles. The molecular weight excluding hydrogens is 368 g/mol. The van der Waals surface area contributed by atoms with Crippen LogP contribution < -0.4 is 15.6 Å². The second-order valence-corrected chi connectivity index (χ2v) is 6.88. The van der Waals surface area contributed by atoms with Gasteiger partial charge < -0.3 is 9.26 Å². The molecule has 138 valence electrons. The predicted octanol–water partition coefficient (Wildman–Crippen LogP) is 2.29. The molecule has 1 aromatic carbocycles. The SMILES string of the molecule is COc1ccccc1-c1ccc(=O)n(CC(=O)Nc2onc3c2CSC3)n1. The predicted molar refractivity (Wildman–Crippen MR) is 101 cm³/mol. The number of nitrogens with zero attached hydrogens (tertiary/aromatic N) is 3. The van der Waals surface area contributed by atoms with Crippen molar-refractivity contribution in [2.24, 2.45) is 0 Å². The number of nitrogens with one attached hydrogen (secondary N) is 1. The smallest absolute Gasteiger partial charge is 0.267 e. The fourth-order valence-electron chi connectivity index (χ4n) is 2.82. The lowest BCUT2D eigenvalue weighted by Gasteiger charge is -2.10. The first-order valence-electron chi connectivity index (χ1n) is 8.22. The lowest BCUT2D eigenvalue weighted by Crippen LogP contribution is -2.29. The van der Waals surface area contributed by atoms with Gasteiger partial charge in [0.25, 0.3) is 5.56 Å². The van der Waals surface area contributed by atoms with E-state index in [1.54, 1.807) is 24.9 Å². The largest absolute Gasteiger partial charge is 0.496 e. The van der Waals surface area contributed by atoms with Crippen LogP contribution in [0.3, 0.4) is 0 Å². The molecule has 1 N–H and O–H groups in total. The Hall–Kier alpha value is -3.07. The molecule has 1 aliphatic rings. The fourth-order valence-corrected chi connectivity index (χ4v) is 3.84. The van der Waals surface area contributed by atoms with Crippen molar-refractivity contribution in [3.63, 3.8) is 0 Å². The van der Waals surface area contributed by atoms with E-state index < -0.39 is 5.91 Å². The summed E-state index contributed by atoms with van der Waals surface area (Å²) < 4.78 is 11.6. The monoisotopic (exact) mass is 384 g/mol. The molecule has 1 amide bonds. The summed E-state index contributed by atoms with van der Waals surface area (Å²) in [6.45, 7) is -0.232. The quantitative estimate of drug-likeness (QED) is 0.720. The van der Waals surface area contributed by atoms with Crippen LogP contribution in [0.5, 0.6) is 5.75 Å². The van der Waals surface area contributed by atoms with Crippen LogP contribution in [0, 0.1) is 0 Å². The number of thioether (sulfide) groups is 1. The number of rotatable bonds is 5. The summed E-state index contributed by atoms with van der Waals surface area (Å²) in [5.41, 5.74) is 2.65. The van der Waals surface area contributed by atoms with E-state index in [1.165, 1.54) is 6.07 Å². The van der Waals surface area contributed by atoms with Gasteiger partial charge in [0.1, 0.15) is 12.3 Å². The topological polar surface area (TPSA) is 99.2 Å². The number of ether oxygens (including phenoxy) is 1. The number of aromatic nitrogens is 3. The van der Waals surface area contributed by atoms with Gasteiger partial charge in [-0.1, -0.05) is 17.3 Å². The van der Waals surface area contributed by atoms with Crippen LogP contribution in [-0.2, 0) is 22.8 Å². The third-order valence-electron chi connectivity index (χ3n) is 4.15. The van der Waals surface area contributed by atoms with Crippen LogP contribution in [0.25, 0.3) is 11.3 Å². The van der Waals surface area contributed by atoms with Gasteiger partial charge in [-0.05, 0) is 18.2 Å². The first-order valence-corrected chi connectivity index (χ1v) is 9.38. The maximum atomic E-state index is 12.4. The number of carbonyl (C=O) groups is 1. The highest BCUT2D eigenvalue weighted by molar-refractivity contribution is 7.98. The van der Waals surface area contributed by atoms with E-state index in [-0.39, 0.29) is 12.1 Å². The molecule has 8 nitrogen and oxygen atoms in total. The van der Waals surface area contributed by atoms with E-state index in [1.807, 2.05) is 24.3 Å². The molecule has 0 saturated heterocycles. The van der Waals surface area contributed by atoms with Crippen LogP contribution in [-0.4, -0.2) is 28.0 Å². The number of benzene rings is 1. The highest BCUT2D eigenvalue weighted by Gasteiger charge is 2.23. The van der Waals surface area contributed by atoms with Crippen LogP contribution in [0.1, 0.15) is 11.3 Å². The van der Waals surface area contributed by atoms with Crippen molar-refractivity contribution in [3.8, 4) is 17.0 Å². The first-order chi connectivity index (χ1) is 13.2. The summed E-state index contributed by atoms with van der Waals surface area (Å²) in [7, 11) is 1.57. The van der Waals surface area contributed by atoms with Gasteiger partial charge in [-0.3, -0.25) is 14.9 Å². The zero-order valence-corrected chi connectivity index (χ0v) is 15.3. The van der Waals surface area contributed by atoms with Crippen molar-refractivity contribution in [1.82, 2.24) is 14.9 Å². The molecule has 1 aliphatic heterocycles. The summed E-state index contributed by atoms with van der Waals surface area (Å²) in [6.07, 6.45) is 0. The minimum atomic E-state index is -0.405. The Morgan fingerprint density at radius 2 is 2.15 bits per heavy atom. The summed E-state index contributed by atoms with van der Waals surface area (Å²) >= 11 is 1.71. The normalized spacial score (nSPS) is 12.6. The maximum Gasteiger partial charge on any atom is 0.267 e. The van der Waals surface area contributed by atoms with E-state index >= 15 is 0 Å². The van der Waals surface area contributed by atoms with Gasteiger partial charge in [0.15, 0.2) is 0 Å². The standard InChI is InChI=1S/C18H16N4O4S/c1-25-15-5-3-2-4-11(15)13-6-7-17(24)22(20-13)8-16(23)19-18-12-9-27-10-14(12)21-26-18/h2-7H,8-10H2,1H3,(H,19,23). The molecule has 0 spiro atoms. The molecule has 3 heterocycles. The second-order valence-electron chi connectivity index (χ2n) is 5.89. The van der Waals surface area contributed by atoms with Crippen molar-refractivity contribution < 1.29 is 14.1 Å². The minimum Gasteiger partial charge on any atom is -0.496 e. The fraction of sp³-hybridized carbons (Fsp3) is 0.222.